The molecule has 3 rings (SSSR count). The van der Waals surface area contributed by atoms with E-state index in [4.69, 9.17) is 0 Å². The van der Waals surface area contributed by atoms with Crippen molar-refractivity contribution < 1.29 is 95.3 Å². The van der Waals surface area contributed by atoms with E-state index in [9.17, 15) is 36.2 Å². The molecule has 0 aliphatic heterocycles. The zero-order valence-corrected chi connectivity index (χ0v) is 25.2. The van der Waals surface area contributed by atoms with Gasteiger partial charge in [-0.15, -0.1) is 10.2 Å². The molecule has 0 atom stereocenters. The minimum Gasteiger partial charge on any atom is -0.744 e. The Labute approximate surface area is 251 Å². The van der Waals surface area contributed by atoms with Gasteiger partial charge in [0.1, 0.15) is 43.1 Å². The molecule has 178 valence electrons. The number of phenols is 2. The third-order valence-electron chi connectivity index (χ3n) is 4.50. The van der Waals surface area contributed by atoms with Gasteiger partial charge in [0, 0.05) is 12.1 Å². The van der Waals surface area contributed by atoms with Crippen molar-refractivity contribution in [1.29, 1.82) is 0 Å². The molecule has 2 N–H and O–H groups in total. The van der Waals surface area contributed by atoms with E-state index in [-0.39, 0.29) is 87.4 Å². The Morgan fingerprint density at radius 3 is 1.64 bits per heavy atom. The summed E-state index contributed by atoms with van der Waals surface area (Å²) in [6.45, 7) is 3.09. The zero-order valence-electron chi connectivity index (χ0n) is 19.6. The summed E-state index contributed by atoms with van der Waals surface area (Å²) in [4.78, 5) is -0.895. The second-order valence-electron chi connectivity index (χ2n) is 7.04. The molecule has 0 aliphatic carbocycles. The number of aryl methyl sites for hydroxylation is 2. The number of aromatic hydroxyl groups is 2. The largest absolute Gasteiger partial charge is 1.00 e. The van der Waals surface area contributed by atoms with Crippen molar-refractivity contribution >= 4 is 43.0 Å². The van der Waals surface area contributed by atoms with Crippen LogP contribution in [0, 0.1) is 13.8 Å². The predicted molar refractivity (Wildman–Crippen MR) is 116 cm³/mol. The van der Waals surface area contributed by atoms with Crippen LogP contribution in [0.3, 0.4) is 0 Å². The van der Waals surface area contributed by atoms with Gasteiger partial charge in [0.2, 0.25) is 0 Å². The molecule has 12 nitrogen and oxygen atoms in total. The molecular weight excluding hydrogens is 534 g/mol. The van der Waals surface area contributed by atoms with Gasteiger partial charge >= 0.3 is 59.1 Å². The monoisotopic (exact) mass is 550 g/mol. The summed E-state index contributed by atoms with van der Waals surface area (Å²) in [5.74, 6) is -0.920. The van der Waals surface area contributed by atoms with Crippen LogP contribution >= 0.6 is 0 Å². The quantitative estimate of drug-likeness (QED) is 0.206. The fourth-order valence-electron chi connectivity index (χ4n) is 2.81. The molecule has 0 amide bonds. The van der Waals surface area contributed by atoms with Crippen molar-refractivity contribution in [2.24, 2.45) is 20.5 Å². The molecule has 0 bridgehead atoms. The second kappa shape index (κ2) is 12.7. The van der Waals surface area contributed by atoms with Gasteiger partial charge in [0.25, 0.3) is 0 Å². The fraction of sp³-hybridized carbons (Fsp3) is 0.100. The van der Waals surface area contributed by atoms with Gasteiger partial charge < -0.3 is 19.3 Å². The van der Waals surface area contributed by atoms with Crippen molar-refractivity contribution in [3.63, 3.8) is 0 Å². The van der Waals surface area contributed by atoms with E-state index < -0.39 is 41.5 Å². The maximum atomic E-state index is 11.4. The van der Waals surface area contributed by atoms with Crippen molar-refractivity contribution in [1.82, 2.24) is 0 Å². The van der Waals surface area contributed by atoms with Crippen LogP contribution in [0.25, 0.3) is 0 Å². The average Bonchev–Trinajstić information content (AvgIpc) is 2.72. The van der Waals surface area contributed by atoms with E-state index in [1.807, 2.05) is 0 Å². The van der Waals surface area contributed by atoms with E-state index in [0.29, 0.717) is 5.56 Å². The number of rotatable bonds is 6. The molecule has 0 saturated carbocycles. The maximum Gasteiger partial charge on any atom is 1.00 e. The minimum absolute atomic E-state index is 0. The minimum atomic E-state index is -4.73. The first-order valence-electron chi connectivity index (χ1n) is 9.28. The molecule has 3 aromatic carbocycles. The summed E-state index contributed by atoms with van der Waals surface area (Å²) in [6, 6.07) is 9.16. The number of benzene rings is 3. The average molecular weight is 550 g/mol. The van der Waals surface area contributed by atoms with E-state index in [2.05, 4.69) is 20.5 Å². The summed E-state index contributed by atoms with van der Waals surface area (Å²) in [6.07, 6.45) is 0. The smallest absolute Gasteiger partial charge is 0.744 e. The van der Waals surface area contributed by atoms with Gasteiger partial charge in [-0.1, -0.05) is 6.07 Å². The molecule has 0 radical (unpaired) electrons. The van der Waals surface area contributed by atoms with Gasteiger partial charge in [-0.25, -0.2) is 16.8 Å². The standard InChI is InChI=1S/C20H18N4O8S2.2Na/c1-11-7-12(2)20(34(30,31)32)9-15(11)22-24-17-8-16(18(25)10-19(17)26)23-21-13-3-5-14(6-4-13)33(27,28)29;;/h3-10,25-26H,1-2H3,(H,27,28,29)(H,30,31,32);;/q;2*+1/p-2. The molecule has 0 fully saturated rings. The Kier molecular flexibility index (Phi) is 11.4. The SMILES string of the molecule is Cc1cc(C)c(S(=O)(=O)[O-])cc1N=Nc1cc(N=Nc2ccc(S(=O)(=O)[O-])cc2)c(O)cc1O.[Na+].[Na+]. The van der Waals surface area contributed by atoms with Crippen molar-refractivity contribution in [3.8, 4) is 11.5 Å². The number of azo groups is 2. The van der Waals surface area contributed by atoms with Crippen LogP contribution < -0.4 is 59.1 Å². The van der Waals surface area contributed by atoms with Crippen LogP contribution in [-0.2, 0) is 20.2 Å². The normalized spacial score (nSPS) is 11.9. The molecule has 3 aromatic rings. The van der Waals surface area contributed by atoms with Crippen molar-refractivity contribution in [2.75, 3.05) is 0 Å². The van der Waals surface area contributed by atoms with E-state index in [0.717, 1.165) is 30.3 Å². The Morgan fingerprint density at radius 1 is 0.639 bits per heavy atom. The molecule has 16 heteroatoms. The molecule has 0 aromatic heterocycles. The van der Waals surface area contributed by atoms with Crippen LogP contribution in [0.2, 0.25) is 0 Å². The Hall–Kier alpha value is -1.72. The predicted octanol–water partition coefficient (Wildman–Crippen LogP) is -1.64. The first-order valence-corrected chi connectivity index (χ1v) is 12.1. The van der Waals surface area contributed by atoms with Crippen molar-refractivity contribution in [3.05, 3.63) is 59.7 Å². The Bertz CT molecular complexity index is 1540. The molecular formula is C20H16N4Na2O8S2. The third kappa shape index (κ3) is 8.14. The summed E-state index contributed by atoms with van der Waals surface area (Å²) in [5, 5.41) is 35.5. The Balaban J connectivity index is 0.00000324. The number of hydrogen-bond acceptors (Lipinski definition) is 12. The van der Waals surface area contributed by atoms with Gasteiger partial charge in [-0.05, 0) is 55.3 Å². The second-order valence-corrected chi connectivity index (χ2v) is 9.76. The van der Waals surface area contributed by atoms with Crippen LogP contribution in [0.4, 0.5) is 22.7 Å². The first-order chi connectivity index (χ1) is 15.8. The number of nitrogens with zero attached hydrogens (tertiary/aromatic N) is 4. The fourth-order valence-corrected chi connectivity index (χ4v) is 3.99. The third-order valence-corrected chi connectivity index (χ3v) is 6.33. The molecule has 0 saturated heterocycles. The first kappa shape index (κ1) is 32.3. The Morgan fingerprint density at radius 2 is 1.14 bits per heavy atom. The molecule has 0 spiro atoms. The van der Waals surface area contributed by atoms with Crippen LogP contribution in [-0.4, -0.2) is 36.2 Å². The summed E-state index contributed by atoms with van der Waals surface area (Å²) in [5.41, 5.74) is 0.744. The van der Waals surface area contributed by atoms with Gasteiger partial charge in [-0.3, -0.25) is 0 Å². The number of hydrogen-bond donors (Lipinski definition) is 2. The van der Waals surface area contributed by atoms with Gasteiger partial charge in [-0.2, -0.15) is 10.2 Å². The molecule has 0 unspecified atom stereocenters. The topological polar surface area (TPSA) is 204 Å². The van der Waals surface area contributed by atoms with Crippen LogP contribution in [0.15, 0.2) is 78.8 Å². The number of phenolic OH excluding ortho intramolecular Hbond substituents is 2. The van der Waals surface area contributed by atoms with E-state index in [1.165, 1.54) is 25.1 Å². The van der Waals surface area contributed by atoms with Crippen molar-refractivity contribution in [2.45, 2.75) is 23.6 Å². The maximum absolute atomic E-state index is 11.4. The van der Waals surface area contributed by atoms with Gasteiger partial charge in [0.15, 0.2) is 0 Å². The zero-order chi connectivity index (χ0) is 25.3. The van der Waals surface area contributed by atoms with Crippen LogP contribution in [0.1, 0.15) is 11.1 Å². The molecule has 0 aliphatic rings. The molecule has 36 heavy (non-hydrogen) atoms. The van der Waals surface area contributed by atoms with Crippen LogP contribution in [0.5, 0.6) is 11.5 Å². The van der Waals surface area contributed by atoms with E-state index in [1.54, 1.807) is 6.92 Å². The molecule has 0 heterocycles. The summed E-state index contributed by atoms with van der Waals surface area (Å²) < 4.78 is 67.2. The summed E-state index contributed by atoms with van der Waals surface area (Å²) >= 11 is 0. The van der Waals surface area contributed by atoms with E-state index >= 15 is 0 Å². The van der Waals surface area contributed by atoms with Gasteiger partial charge in [0.05, 0.1) is 21.2 Å². The summed E-state index contributed by atoms with van der Waals surface area (Å²) in [7, 11) is -9.35.